The van der Waals surface area contributed by atoms with Crippen molar-refractivity contribution in [2.24, 2.45) is 5.92 Å². The van der Waals surface area contributed by atoms with Crippen molar-refractivity contribution in [3.63, 3.8) is 0 Å². The van der Waals surface area contributed by atoms with Gasteiger partial charge in [0.2, 0.25) is 0 Å². The second-order valence-electron chi connectivity index (χ2n) is 4.76. The van der Waals surface area contributed by atoms with E-state index in [0.29, 0.717) is 0 Å². The number of likely N-dealkylation sites (tertiary alicyclic amines) is 1. The Morgan fingerprint density at radius 1 is 1.53 bits per heavy atom. The summed E-state index contributed by atoms with van der Waals surface area (Å²) in [5, 5.41) is 9.10. The third-order valence-electron chi connectivity index (χ3n) is 3.56. The monoisotopic (exact) mass is 209 g/mol. The third-order valence-corrected chi connectivity index (χ3v) is 3.56. The van der Waals surface area contributed by atoms with E-state index in [4.69, 9.17) is 5.11 Å². The number of hydrogen-bond acceptors (Lipinski definition) is 2. The van der Waals surface area contributed by atoms with Crippen molar-refractivity contribution < 1.29 is 9.90 Å². The van der Waals surface area contributed by atoms with Crippen molar-refractivity contribution in [1.82, 2.24) is 4.90 Å². The van der Waals surface area contributed by atoms with Crippen LogP contribution in [0, 0.1) is 5.92 Å². The van der Waals surface area contributed by atoms with E-state index in [9.17, 15) is 4.79 Å². The van der Waals surface area contributed by atoms with E-state index >= 15 is 0 Å². The molecule has 1 fully saturated rings. The molecule has 1 heterocycles. The van der Waals surface area contributed by atoms with Gasteiger partial charge in [0.15, 0.2) is 0 Å². The number of nitrogens with zero attached hydrogens (tertiary/aromatic N) is 1. The van der Waals surface area contributed by atoms with Crippen molar-refractivity contribution in [3.05, 3.63) is 11.8 Å². The Morgan fingerprint density at radius 2 is 2.33 bits per heavy atom. The SMILES string of the molecule is C[C@H]1CC=C(N2CCC[C@H]2C(=O)O)CC1. The van der Waals surface area contributed by atoms with E-state index < -0.39 is 5.97 Å². The quantitative estimate of drug-likeness (QED) is 0.758. The lowest BCUT2D eigenvalue weighted by Gasteiger charge is -2.30. The maximum absolute atomic E-state index is 11.1. The van der Waals surface area contributed by atoms with Gasteiger partial charge >= 0.3 is 5.97 Å². The molecule has 84 valence electrons. The molecule has 0 aromatic rings. The molecule has 1 saturated heterocycles. The molecule has 0 amide bonds. The summed E-state index contributed by atoms with van der Waals surface area (Å²) in [4.78, 5) is 13.2. The minimum Gasteiger partial charge on any atom is -0.480 e. The molecule has 1 N–H and O–H groups in total. The fraction of sp³-hybridized carbons (Fsp3) is 0.750. The molecule has 0 radical (unpaired) electrons. The Labute approximate surface area is 90.8 Å². The average molecular weight is 209 g/mol. The Hall–Kier alpha value is -0.990. The highest BCUT2D eigenvalue weighted by atomic mass is 16.4. The van der Waals surface area contributed by atoms with Gasteiger partial charge in [-0.2, -0.15) is 0 Å². The van der Waals surface area contributed by atoms with Gasteiger partial charge in [0, 0.05) is 12.2 Å². The van der Waals surface area contributed by atoms with Gasteiger partial charge < -0.3 is 10.0 Å². The smallest absolute Gasteiger partial charge is 0.326 e. The van der Waals surface area contributed by atoms with Crippen LogP contribution in [0.3, 0.4) is 0 Å². The Kier molecular flexibility index (Phi) is 2.98. The minimum atomic E-state index is -0.660. The van der Waals surface area contributed by atoms with Crippen molar-refractivity contribution in [2.45, 2.75) is 45.1 Å². The van der Waals surface area contributed by atoms with Crippen LogP contribution < -0.4 is 0 Å². The lowest BCUT2D eigenvalue weighted by molar-refractivity contribution is -0.141. The summed E-state index contributed by atoms with van der Waals surface area (Å²) >= 11 is 0. The van der Waals surface area contributed by atoms with Gasteiger partial charge in [-0.15, -0.1) is 0 Å². The van der Waals surface area contributed by atoms with Crippen LogP contribution >= 0.6 is 0 Å². The van der Waals surface area contributed by atoms with Crippen LogP contribution in [0.1, 0.15) is 39.0 Å². The van der Waals surface area contributed by atoms with Crippen LogP contribution in [0.15, 0.2) is 11.8 Å². The van der Waals surface area contributed by atoms with Gasteiger partial charge in [0.1, 0.15) is 6.04 Å². The van der Waals surface area contributed by atoms with Crippen LogP contribution in [0.5, 0.6) is 0 Å². The third kappa shape index (κ3) is 2.16. The van der Waals surface area contributed by atoms with E-state index in [1.165, 1.54) is 12.1 Å². The molecule has 2 rings (SSSR count). The number of carboxylic acid groups (broad SMARTS) is 1. The molecule has 0 bridgehead atoms. The standard InChI is InChI=1S/C12H19NO2/c1-9-4-6-10(7-5-9)13-8-2-3-11(13)12(14)15/h6,9,11H,2-5,7-8H2,1H3,(H,14,15)/t9-,11-/m0/s1. The van der Waals surface area contributed by atoms with Gasteiger partial charge in [0.05, 0.1) is 0 Å². The van der Waals surface area contributed by atoms with E-state index in [1.807, 2.05) is 0 Å². The highest BCUT2D eigenvalue weighted by Crippen LogP contribution is 2.30. The van der Waals surface area contributed by atoms with E-state index in [2.05, 4.69) is 17.9 Å². The number of rotatable bonds is 2. The highest BCUT2D eigenvalue weighted by molar-refractivity contribution is 5.74. The fourth-order valence-corrected chi connectivity index (χ4v) is 2.58. The summed E-state index contributed by atoms with van der Waals surface area (Å²) in [7, 11) is 0. The predicted molar refractivity (Wildman–Crippen MR) is 58.5 cm³/mol. The molecule has 3 heteroatoms. The summed E-state index contributed by atoms with van der Waals surface area (Å²) in [5.74, 6) is 0.103. The first-order valence-corrected chi connectivity index (χ1v) is 5.87. The maximum atomic E-state index is 11.1. The molecule has 2 aliphatic rings. The van der Waals surface area contributed by atoms with Gasteiger partial charge in [0.25, 0.3) is 0 Å². The molecule has 1 aliphatic carbocycles. The lowest BCUT2D eigenvalue weighted by Crippen LogP contribution is -2.36. The Bertz CT molecular complexity index is 285. The zero-order valence-electron chi connectivity index (χ0n) is 9.28. The lowest BCUT2D eigenvalue weighted by atomic mass is 9.93. The topological polar surface area (TPSA) is 40.5 Å². The minimum absolute atomic E-state index is 0.260. The molecule has 15 heavy (non-hydrogen) atoms. The highest BCUT2D eigenvalue weighted by Gasteiger charge is 2.32. The molecule has 1 aliphatic heterocycles. The summed E-state index contributed by atoms with van der Waals surface area (Å²) in [5.41, 5.74) is 1.28. The summed E-state index contributed by atoms with van der Waals surface area (Å²) in [6, 6.07) is -0.260. The molecule has 0 saturated carbocycles. The van der Waals surface area contributed by atoms with Crippen LogP contribution in [0.4, 0.5) is 0 Å². The van der Waals surface area contributed by atoms with Crippen molar-refractivity contribution in [1.29, 1.82) is 0 Å². The van der Waals surface area contributed by atoms with Crippen LogP contribution in [-0.2, 0) is 4.79 Å². The Morgan fingerprint density at radius 3 is 2.93 bits per heavy atom. The van der Waals surface area contributed by atoms with Gasteiger partial charge in [-0.05, 0) is 38.0 Å². The van der Waals surface area contributed by atoms with Gasteiger partial charge in [-0.25, -0.2) is 4.79 Å². The Balaban J connectivity index is 2.06. The average Bonchev–Trinajstić information content (AvgIpc) is 2.67. The summed E-state index contributed by atoms with van der Waals surface area (Å²) in [6.45, 7) is 3.18. The van der Waals surface area contributed by atoms with Crippen LogP contribution in [0.25, 0.3) is 0 Å². The van der Waals surface area contributed by atoms with Crippen molar-refractivity contribution in [2.75, 3.05) is 6.54 Å². The summed E-state index contributed by atoms with van der Waals surface area (Å²) in [6.07, 6.45) is 7.44. The molecule has 2 atom stereocenters. The zero-order chi connectivity index (χ0) is 10.8. The molecule has 0 aromatic heterocycles. The predicted octanol–water partition coefficient (Wildman–Crippen LogP) is 2.24. The maximum Gasteiger partial charge on any atom is 0.326 e. The second-order valence-corrected chi connectivity index (χ2v) is 4.76. The number of aliphatic carboxylic acids is 1. The summed E-state index contributed by atoms with van der Waals surface area (Å²) < 4.78 is 0. The normalized spacial score (nSPS) is 31.5. The van der Waals surface area contributed by atoms with Crippen molar-refractivity contribution >= 4 is 5.97 Å². The number of carbonyl (C=O) groups is 1. The van der Waals surface area contributed by atoms with Crippen LogP contribution in [-0.4, -0.2) is 28.6 Å². The number of hydrogen-bond donors (Lipinski definition) is 1. The molecule has 0 unspecified atom stereocenters. The zero-order valence-corrected chi connectivity index (χ0v) is 9.28. The second kappa shape index (κ2) is 4.25. The molecule has 3 nitrogen and oxygen atoms in total. The molecule has 0 spiro atoms. The van der Waals surface area contributed by atoms with Crippen molar-refractivity contribution in [3.8, 4) is 0 Å². The first-order valence-electron chi connectivity index (χ1n) is 5.87. The van der Waals surface area contributed by atoms with Gasteiger partial charge in [-0.3, -0.25) is 0 Å². The number of allylic oxidation sites excluding steroid dienone is 2. The number of carboxylic acids is 1. The van der Waals surface area contributed by atoms with Crippen LogP contribution in [0.2, 0.25) is 0 Å². The van der Waals surface area contributed by atoms with E-state index in [0.717, 1.165) is 38.1 Å². The largest absolute Gasteiger partial charge is 0.480 e. The first-order chi connectivity index (χ1) is 7.18. The van der Waals surface area contributed by atoms with Gasteiger partial charge in [-0.1, -0.05) is 13.0 Å². The first kappa shape index (κ1) is 10.5. The van der Waals surface area contributed by atoms with E-state index in [-0.39, 0.29) is 6.04 Å². The molecule has 0 aromatic carbocycles. The molecular weight excluding hydrogens is 190 g/mol. The molecular formula is C12H19NO2. The fourth-order valence-electron chi connectivity index (χ4n) is 2.58. The van der Waals surface area contributed by atoms with E-state index in [1.54, 1.807) is 0 Å².